The zero-order valence-electron chi connectivity index (χ0n) is 15.2. The standard InChI is InChI=1S/C20H21N3O3/c1-13-7-5-6-8-15(13)22-20-21-10-9-16(23-20)14-11-17(24-2)19(26-4)18(12-14)25-3/h5-12H,1-4H3,(H,21,22,23). The summed E-state index contributed by atoms with van der Waals surface area (Å²) in [6, 6.07) is 13.6. The summed E-state index contributed by atoms with van der Waals surface area (Å²) in [6.07, 6.45) is 1.71. The molecule has 0 radical (unpaired) electrons. The molecule has 0 unspecified atom stereocenters. The summed E-state index contributed by atoms with van der Waals surface area (Å²) in [5, 5.41) is 3.25. The van der Waals surface area contributed by atoms with Crippen molar-refractivity contribution in [3.8, 4) is 28.5 Å². The molecule has 0 spiro atoms. The van der Waals surface area contributed by atoms with Gasteiger partial charge < -0.3 is 19.5 Å². The van der Waals surface area contributed by atoms with Gasteiger partial charge >= 0.3 is 0 Å². The molecule has 134 valence electrons. The zero-order valence-corrected chi connectivity index (χ0v) is 15.2. The Hall–Kier alpha value is -3.28. The summed E-state index contributed by atoms with van der Waals surface area (Å²) >= 11 is 0. The second kappa shape index (κ2) is 7.74. The first-order chi connectivity index (χ1) is 12.7. The van der Waals surface area contributed by atoms with Crippen LogP contribution in [0.5, 0.6) is 17.2 Å². The van der Waals surface area contributed by atoms with Crippen LogP contribution in [-0.4, -0.2) is 31.3 Å². The van der Waals surface area contributed by atoms with Gasteiger partial charge in [0.05, 0.1) is 27.0 Å². The molecule has 0 bridgehead atoms. The van der Waals surface area contributed by atoms with E-state index in [1.54, 1.807) is 27.5 Å². The van der Waals surface area contributed by atoms with Gasteiger partial charge in [0.1, 0.15) is 0 Å². The van der Waals surface area contributed by atoms with E-state index in [2.05, 4.69) is 15.3 Å². The fraction of sp³-hybridized carbons (Fsp3) is 0.200. The van der Waals surface area contributed by atoms with Crippen molar-refractivity contribution < 1.29 is 14.2 Å². The minimum absolute atomic E-state index is 0.519. The second-order valence-electron chi connectivity index (χ2n) is 5.62. The third kappa shape index (κ3) is 3.54. The number of anilines is 2. The molecule has 3 rings (SSSR count). The van der Waals surface area contributed by atoms with Crippen LogP contribution < -0.4 is 19.5 Å². The molecule has 0 amide bonds. The third-order valence-electron chi connectivity index (χ3n) is 4.01. The van der Waals surface area contributed by atoms with Crippen molar-refractivity contribution >= 4 is 11.6 Å². The number of para-hydroxylation sites is 1. The number of methoxy groups -OCH3 is 3. The first-order valence-electron chi connectivity index (χ1n) is 8.12. The first kappa shape index (κ1) is 17.5. The van der Waals surface area contributed by atoms with Gasteiger partial charge in [0.25, 0.3) is 0 Å². The number of nitrogens with zero attached hydrogens (tertiary/aromatic N) is 2. The molecule has 0 fully saturated rings. The Morgan fingerprint density at radius 1 is 0.885 bits per heavy atom. The van der Waals surface area contributed by atoms with Gasteiger partial charge in [-0.3, -0.25) is 0 Å². The summed E-state index contributed by atoms with van der Waals surface area (Å²) in [6.45, 7) is 2.03. The molecule has 26 heavy (non-hydrogen) atoms. The van der Waals surface area contributed by atoms with Crippen molar-refractivity contribution in [2.24, 2.45) is 0 Å². The molecule has 0 saturated heterocycles. The van der Waals surface area contributed by atoms with Crippen molar-refractivity contribution in [1.82, 2.24) is 9.97 Å². The van der Waals surface area contributed by atoms with Gasteiger partial charge in [-0.25, -0.2) is 9.97 Å². The van der Waals surface area contributed by atoms with Gasteiger partial charge in [0.2, 0.25) is 11.7 Å². The van der Waals surface area contributed by atoms with Crippen molar-refractivity contribution in [3.05, 3.63) is 54.2 Å². The van der Waals surface area contributed by atoms with E-state index in [-0.39, 0.29) is 0 Å². The molecule has 6 heteroatoms. The fourth-order valence-electron chi connectivity index (χ4n) is 2.64. The maximum absolute atomic E-state index is 5.42. The maximum Gasteiger partial charge on any atom is 0.227 e. The van der Waals surface area contributed by atoms with Crippen molar-refractivity contribution in [3.63, 3.8) is 0 Å². The van der Waals surface area contributed by atoms with Gasteiger partial charge in [-0.15, -0.1) is 0 Å². The minimum atomic E-state index is 0.519. The van der Waals surface area contributed by atoms with Crippen LogP contribution in [0.4, 0.5) is 11.6 Å². The normalized spacial score (nSPS) is 10.3. The largest absolute Gasteiger partial charge is 0.493 e. The molecule has 0 aliphatic carbocycles. The molecule has 2 aromatic carbocycles. The number of rotatable bonds is 6. The average Bonchev–Trinajstić information content (AvgIpc) is 2.68. The molecule has 3 aromatic rings. The predicted molar refractivity (Wildman–Crippen MR) is 102 cm³/mol. The number of ether oxygens (including phenoxy) is 3. The molecule has 1 aromatic heterocycles. The van der Waals surface area contributed by atoms with Gasteiger partial charge in [0, 0.05) is 17.4 Å². The van der Waals surface area contributed by atoms with Gasteiger partial charge in [-0.1, -0.05) is 18.2 Å². The highest BCUT2D eigenvalue weighted by molar-refractivity contribution is 5.69. The van der Waals surface area contributed by atoms with Crippen LogP contribution >= 0.6 is 0 Å². The Balaban J connectivity index is 1.99. The highest BCUT2D eigenvalue weighted by Gasteiger charge is 2.15. The monoisotopic (exact) mass is 351 g/mol. The molecule has 0 saturated carbocycles. The minimum Gasteiger partial charge on any atom is -0.493 e. The molecule has 0 atom stereocenters. The molecular formula is C20H21N3O3. The van der Waals surface area contributed by atoms with Crippen LogP contribution in [0, 0.1) is 6.92 Å². The zero-order chi connectivity index (χ0) is 18.5. The fourth-order valence-corrected chi connectivity index (χ4v) is 2.64. The highest BCUT2D eigenvalue weighted by Crippen LogP contribution is 2.40. The molecule has 0 aliphatic rings. The Morgan fingerprint density at radius 2 is 1.58 bits per heavy atom. The number of hydrogen-bond acceptors (Lipinski definition) is 6. The van der Waals surface area contributed by atoms with Gasteiger partial charge in [-0.05, 0) is 36.8 Å². The highest BCUT2D eigenvalue weighted by atomic mass is 16.5. The number of benzene rings is 2. The Kier molecular flexibility index (Phi) is 5.22. The van der Waals surface area contributed by atoms with Gasteiger partial charge in [-0.2, -0.15) is 0 Å². The number of nitrogens with one attached hydrogen (secondary N) is 1. The predicted octanol–water partition coefficient (Wildman–Crippen LogP) is 4.22. The average molecular weight is 351 g/mol. The topological polar surface area (TPSA) is 65.5 Å². The quantitative estimate of drug-likeness (QED) is 0.717. The van der Waals surface area contributed by atoms with E-state index >= 15 is 0 Å². The molecule has 0 aliphatic heterocycles. The number of aryl methyl sites for hydroxylation is 1. The molecule has 1 heterocycles. The van der Waals surface area contributed by atoms with Crippen LogP contribution in [0.15, 0.2) is 48.7 Å². The van der Waals surface area contributed by atoms with Crippen LogP contribution in [-0.2, 0) is 0 Å². The lowest BCUT2D eigenvalue weighted by Gasteiger charge is -2.14. The lowest BCUT2D eigenvalue weighted by atomic mass is 10.1. The summed E-state index contributed by atoms with van der Waals surface area (Å²) in [5.41, 5.74) is 3.67. The molecule has 6 nitrogen and oxygen atoms in total. The van der Waals surface area contributed by atoms with Crippen LogP contribution in [0.1, 0.15) is 5.56 Å². The Morgan fingerprint density at radius 3 is 2.19 bits per heavy atom. The van der Waals surface area contributed by atoms with E-state index in [0.29, 0.717) is 23.2 Å². The van der Waals surface area contributed by atoms with Crippen molar-refractivity contribution in [2.45, 2.75) is 6.92 Å². The van der Waals surface area contributed by atoms with Crippen LogP contribution in [0.2, 0.25) is 0 Å². The summed E-state index contributed by atoms with van der Waals surface area (Å²) < 4.78 is 16.2. The third-order valence-corrected chi connectivity index (χ3v) is 4.01. The maximum atomic E-state index is 5.42. The van der Waals surface area contributed by atoms with Crippen LogP contribution in [0.25, 0.3) is 11.3 Å². The first-order valence-corrected chi connectivity index (χ1v) is 8.12. The van der Waals surface area contributed by atoms with E-state index < -0.39 is 0 Å². The van der Waals surface area contributed by atoms with Gasteiger partial charge in [0.15, 0.2) is 11.5 Å². The molecule has 1 N–H and O–H groups in total. The van der Waals surface area contributed by atoms with Crippen molar-refractivity contribution in [1.29, 1.82) is 0 Å². The lowest BCUT2D eigenvalue weighted by molar-refractivity contribution is 0.324. The van der Waals surface area contributed by atoms with Crippen LogP contribution in [0.3, 0.4) is 0 Å². The second-order valence-corrected chi connectivity index (χ2v) is 5.62. The SMILES string of the molecule is COc1cc(-c2ccnc(Nc3ccccc3C)n2)cc(OC)c1OC. The van der Waals surface area contributed by atoms with E-state index in [9.17, 15) is 0 Å². The lowest BCUT2D eigenvalue weighted by Crippen LogP contribution is -2.00. The Labute approximate surface area is 152 Å². The summed E-state index contributed by atoms with van der Waals surface area (Å²) in [4.78, 5) is 8.92. The van der Waals surface area contributed by atoms with E-state index in [4.69, 9.17) is 14.2 Å². The smallest absolute Gasteiger partial charge is 0.227 e. The number of hydrogen-bond donors (Lipinski definition) is 1. The van der Waals surface area contributed by atoms with E-state index in [1.807, 2.05) is 49.4 Å². The summed E-state index contributed by atoms with van der Waals surface area (Å²) in [5.74, 6) is 2.22. The summed E-state index contributed by atoms with van der Waals surface area (Å²) in [7, 11) is 4.76. The van der Waals surface area contributed by atoms with Crippen molar-refractivity contribution in [2.75, 3.05) is 26.6 Å². The molecular weight excluding hydrogens is 330 g/mol. The van der Waals surface area contributed by atoms with E-state index in [1.165, 1.54) is 0 Å². The number of aromatic nitrogens is 2. The van der Waals surface area contributed by atoms with E-state index in [0.717, 1.165) is 22.5 Å². The Bertz CT molecular complexity index is 887.